The van der Waals surface area contributed by atoms with Crippen LogP contribution < -0.4 is 4.72 Å². The van der Waals surface area contributed by atoms with Crippen molar-refractivity contribution < 1.29 is 23.4 Å². The maximum Gasteiger partial charge on any atom is 0.240 e. The van der Waals surface area contributed by atoms with Gasteiger partial charge in [0.15, 0.2) is 0 Å². The van der Waals surface area contributed by atoms with Gasteiger partial charge in [0.2, 0.25) is 10.0 Å². The van der Waals surface area contributed by atoms with Gasteiger partial charge in [-0.25, -0.2) is 13.1 Å². The highest BCUT2D eigenvalue weighted by Gasteiger charge is 2.46. The summed E-state index contributed by atoms with van der Waals surface area (Å²) >= 11 is 0. The Kier molecular flexibility index (Phi) is 6.29. The molecule has 2 heterocycles. The number of nitrogens with one attached hydrogen (secondary N) is 1. The molecule has 0 saturated carbocycles. The molecule has 2 aliphatic heterocycles. The lowest BCUT2D eigenvalue weighted by atomic mass is 10.0. The van der Waals surface area contributed by atoms with Crippen molar-refractivity contribution in [2.75, 3.05) is 46.4 Å². The first-order chi connectivity index (χ1) is 12.4. The molecule has 1 aromatic rings. The van der Waals surface area contributed by atoms with Crippen LogP contribution in [0.3, 0.4) is 0 Å². The van der Waals surface area contributed by atoms with Crippen molar-refractivity contribution in [3.05, 3.63) is 30.3 Å². The minimum Gasteiger partial charge on any atom is -0.394 e. The Hall–Kier alpha value is -1.07. The van der Waals surface area contributed by atoms with Crippen molar-refractivity contribution in [2.24, 2.45) is 0 Å². The Morgan fingerprint density at radius 3 is 2.42 bits per heavy atom. The zero-order valence-corrected chi connectivity index (χ0v) is 15.7. The molecule has 4 atom stereocenters. The number of hydrogen-bond donors (Lipinski definition) is 3. The molecule has 2 saturated heterocycles. The number of piperazine rings is 1. The van der Waals surface area contributed by atoms with Crippen LogP contribution in [0.1, 0.15) is 0 Å². The molecule has 146 valence electrons. The normalized spacial score (nSPS) is 31.3. The molecule has 0 aromatic heterocycles. The maximum absolute atomic E-state index is 12.4. The third kappa shape index (κ3) is 4.25. The van der Waals surface area contributed by atoms with E-state index in [1.807, 2.05) is 7.05 Å². The monoisotopic (exact) mass is 385 g/mol. The summed E-state index contributed by atoms with van der Waals surface area (Å²) in [6, 6.07) is 7.80. The van der Waals surface area contributed by atoms with E-state index in [4.69, 9.17) is 4.74 Å². The third-order valence-electron chi connectivity index (χ3n) is 5.13. The third-order valence-corrected chi connectivity index (χ3v) is 6.57. The van der Waals surface area contributed by atoms with Gasteiger partial charge in [0.05, 0.1) is 23.6 Å². The van der Waals surface area contributed by atoms with Crippen LogP contribution in [0.2, 0.25) is 0 Å². The molecular weight excluding hydrogens is 358 g/mol. The molecule has 0 aliphatic carbocycles. The van der Waals surface area contributed by atoms with Gasteiger partial charge in [0.25, 0.3) is 0 Å². The molecule has 1 aromatic carbocycles. The number of rotatable bonds is 6. The Balaban J connectivity index is 1.70. The summed E-state index contributed by atoms with van der Waals surface area (Å²) in [4.78, 5) is 4.52. The average molecular weight is 385 g/mol. The standard InChI is InChI=1S/C17H27N3O5S/c1-19-7-9-20(10-8-19)16-14(25-15(12-21)17(16)22)11-18-26(23,24)13-5-3-2-4-6-13/h2-6,14-18,21-22H,7-12H2,1H3. The minimum absolute atomic E-state index is 0.0434. The lowest BCUT2D eigenvalue weighted by Gasteiger charge is -2.39. The quantitative estimate of drug-likeness (QED) is 0.559. The van der Waals surface area contributed by atoms with Crippen molar-refractivity contribution in [3.8, 4) is 0 Å². The second kappa shape index (κ2) is 8.30. The van der Waals surface area contributed by atoms with Gasteiger partial charge in [-0.1, -0.05) is 18.2 Å². The molecule has 2 fully saturated rings. The van der Waals surface area contributed by atoms with E-state index >= 15 is 0 Å². The average Bonchev–Trinajstić information content (AvgIpc) is 2.97. The van der Waals surface area contributed by atoms with Gasteiger partial charge >= 0.3 is 0 Å². The molecule has 3 rings (SSSR count). The van der Waals surface area contributed by atoms with Crippen LogP contribution in [0.25, 0.3) is 0 Å². The van der Waals surface area contributed by atoms with Crippen molar-refractivity contribution in [3.63, 3.8) is 0 Å². The molecule has 9 heteroatoms. The molecule has 0 bridgehead atoms. The minimum atomic E-state index is -3.65. The lowest BCUT2D eigenvalue weighted by molar-refractivity contribution is -0.0201. The zero-order chi connectivity index (χ0) is 18.7. The summed E-state index contributed by atoms with van der Waals surface area (Å²) in [5.41, 5.74) is 0. The van der Waals surface area contributed by atoms with E-state index in [0.717, 1.165) is 26.2 Å². The van der Waals surface area contributed by atoms with E-state index in [1.165, 1.54) is 12.1 Å². The van der Waals surface area contributed by atoms with Crippen molar-refractivity contribution in [1.82, 2.24) is 14.5 Å². The summed E-state index contributed by atoms with van der Waals surface area (Å²) in [5.74, 6) is 0. The first kappa shape index (κ1) is 19.7. The first-order valence-electron chi connectivity index (χ1n) is 8.84. The van der Waals surface area contributed by atoms with Crippen LogP contribution in [-0.2, 0) is 14.8 Å². The highest BCUT2D eigenvalue weighted by Crippen LogP contribution is 2.26. The highest BCUT2D eigenvalue weighted by atomic mass is 32.2. The van der Waals surface area contributed by atoms with Crippen LogP contribution in [0, 0.1) is 0 Å². The number of ether oxygens (including phenoxy) is 1. The van der Waals surface area contributed by atoms with Crippen molar-refractivity contribution >= 4 is 10.0 Å². The SMILES string of the molecule is CN1CCN(C2C(CNS(=O)(=O)c3ccccc3)OC(CO)C2O)CC1. The molecule has 26 heavy (non-hydrogen) atoms. The van der Waals surface area contributed by atoms with Crippen LogP contribution in [0.15, 0.2) is 35.2 Å². The molecule has 3 N–H and O–H groups in total. The summed E-state index contributed by atoms with van der Waals surface area (Å²) in [6.07, 6.45) is -2.08. The molecule has 0 radical (unpaired) electrons. The Morgan fingerprint density at radius 2 is 1.81 bits per heavy atom. The summed E-state index contributed by atoms with van der Waals surface area (Å²) in [6.45, 7) is 3.02. The molecule has 4 unspecified atom stereocenters. The number of sulfonamides is 1. The van der Waals surface area contributed by atoms with Gasteiger partial charge in [-0.2, -0.15) is 0 Å². The fourth-order valence-corrected chi connectivity index (χ4v) is 4.66. The summed E-state index contributed by atoms with van der Waals surface area (Å²) in [7, 11) is -1.61. The van der Waals surface area contributed by atoms with Gasteiger partial charge < -0.3 is 19.8 Å². The second-order valence-corrected chi connectivity index (χ2v) is 8.65. The van der Waals surface area contributed by atoms with Crippen LogP contribution in [-0.4, -0.2) is 99.2 Å². The van der Waals surface area contributed by atoms with Gasteiger partial charge in [0.1, 0.15) is 12.2 Å². The topological polar surface area (TPSA) is 102 Å². The number of aliphatic hydroxyl groups excluding tert-OH is 2. The Bertz CT molecular complexity index is 679. The zero-order valence-electron chi connectivity index (χ0n) is 14.9. The van der Waals surface area contributed by atoms with E-state index < -0.39 is 28.3 Å². The van der Waals surface area contributed by atoms with E-state index in [1.54, 1.807) is 18.2 Å². The Morgan fingerprint density at radius 1 is 1.15 bits per heavy atom. The number of nitrogens with zero attached hydrogens (tertiary/aromatic N) is 2. The molecule has 8 nitrogen and oxygen atoms in total. The van der Waals surface area contributed by atoms with Gasteiger partial charge in [-0.3, -0.25) is 4.90 Å². The van der Waals surface area contributed by atoms with Crippen molar-refractivity contribution in [1.29, 1.82) is 0 Å². The van der Waals surface area contributed by atoms with E-state index in [-0.39, 0.29) is 24.1 Å². The predicted octanol–water partition coefficient (Wildman–Crippen LogP) is -1.30. The van der Waals surface area contributed by atoms with Crippen LogP contribution >= 0.6 is 0 Å². The van der Waals surface area contributed by atoms with Gasteiger partial charge in [0, 0.05) is 32.7 Å². The number of benzene rings is 1. The van der Waals surface area contributed by atoms with E-state index in [9.17, 15) is 18.6 Å². The lowest BCUT2D eigenvalue weighted by Crippen LogP contribution is -2.56. The molecule has 0 amide bonds. The van der Waals surface area contributed by atoms with Gasteiger partial charge in [-0.15, -0.1) is 0 Å². The smallest absolute Gasteiger partial charge is 0.240 e. The largest absolute Gasteiger partial charge is 0.394 e. The van der Waals surface area contributed by atoms with Crippen LogP contribution in [0.5, 0.6) is 0 Å². The molecular formula is C17H27N3O5S. The maximum atomic E-state index is 12.4. The first-order valence-corrected chi connectivity index (χ1v) is 10.3. The summed E-state index contributed by atoms with van der Waals surface area (Å²) < 4.78 is 33.2. The van der Waals surface area contributed by atoms with Crippen molar-refractivity contribution in [2.45, 2.75) is 29.2 Å². The van der Waals surface area contributed by atoms with Gasteiger partial charge in [-0.05, 0) is 19.2 Å². The predicted molar refractivity (Wildman–Crippen MR) is 96.2 cm³/mol. The van der Waals surface area contributed by atoms with E-state index in [0.29, 0.717) is 0 Å². The fraction of sp³-hybridized carbons (Fsp3) is 0.647. The molecule has 2 aliphatic rings. The number of hydrogen-bond acceptors (Lipinski definition) is 7. The Labute approximate surface area is 154 Å². The van der Waals surface area contributed by atoms with E-state index in [2.05, 4.69) is 14.5 Å². The summed E-state index contributed by atoms with van der Waals surface area (Å²) in [5, 5.41) is 20.0. The number of likely N-dealkylation sites (N-methyl/N-ethyl adjacent to an activating group) is 1. The molecule has 0 spiro atoms. The highest BCUT2D eigenvalue weighted by molar-refractivity contribution is 7.89. The number of aliphatic hydroxyl groups is 2. The fourth-order valence-electron chi connectivity index (χ4n) is 3.59. The van der Waals surface area contributed by atoms with Crippen LogP contribution in [0.4, 0.5) is 0 Å². The second-order valence-electron chi connectivity index (χ2n) is 6.88.